The highest BCUT2D eigenvalue weighted by atomic mass is 32.2. The molecule has 0 spiro atoms. The van der Waals surface area contributed by atoms with Crippen molar-refractivity contribution in [3.05, 3.63) is 52.6 Å². The smallest absolute Gasteiger partial charge is 0.312 e. The monoisotopic (exact) mass is 407 g/mol. The Morgan fingerprint density at radius 2 is 1.75 bits per heavy atom. The van der Waals surface area contributed by atoms with Crippen LogP contribution in [-0.4, -0.2) is 36.6 Å². The van der Waals surface area contributed by atoms with Gasteiger partial charge in [0.2, 0.25) is 21.7 Å². The first-order valence-electron chi connectivity index (χ1n) is 8.53. The molecule has 0 aromatic heterocycles. The predicted octanol–water partition coefficient (Wildman–Crippen LogP) is 3.38. The second-order valence-electron chi connectivity index (χ2n) is 5.78. The van der Waals surface area contributed by atoms with Gasteiger partial charge in [0.05, 0.1) is 9.82 Å². The van der Waals surface area contributed by atoms with Crippen LogP contribution < -0.4 is 10.1 Å². The zero-order valence-corrected chi connectivity index (χ0v) is 16.5. The Kier molecular flexibility index (Phi) is 6.71. The van der Waals surface area contributed by atoms with Crippen LogP contribution in [0.5, 0.6) is 11.5 Å². The summed E-state index contributed by atoms with van der Waals surface area (Å²) in [6.45, 7) is 5.27. The average molecular weight is 407 g/mol. The summed E-state index contributed by atoms with van der Waals surface area (Å²) in [5.74, 6) is -0.0124. The van der Waals surface area contributed by atoms with Crippen molar-refractivity contribution in [3.8, 4) is 11.5 Å². The highest BCUT2D eigenvalue weighted by Gasteiger charge is 2.26. The molecule has 1 amide bonds. The molecular formula is C18H21N3O6S. The van der Waals surface area contributed by atoms with Crippen molar-refractivity contribution in [3.63, 3.8) is 0 Å². The number of nitro groups is 1. The van der Waals surface area contributed by atoms with E-state index in [1.165, 1.54) is 35.5 Å². The van der Waals surface area contributed by atoms with Gasteiger partial charge in [0.1, 0.15) is 5.75 Å². The molecule has 2 rings (SSSR count). The van der Waals surface area contributed by atoms with Gasteiger partial charge in [-0.15, -0.1) is 0 Å². The third-order valence-electron chi connectivity index (χ3n) is 3.87. The minimum absolute atomic E-state index is 0.0872. The van der Waals surface area contributed by atoms with Crippen LogP contribution in [-0.2, 0) is 14.8 Å². The summed E-state index contributed by atoms with van der Waals surface area (Å²) in [5.41, 5.74) is 0.0918. The van der Waals surface area contributed by atoms with Gasteiger partial charge in [-0.25, -0.2) is 8.42 Å². The highest BCUT2D eigenvalue weighted by Crippen LogP contribution is 2.34. The molecule has 9 nitrogen and oxygen atoms in total. The van der Waals surface area contributed by atoms with E-state index in [0.717, 1.165) is 6.07 Å². The summed E-state index contributed by atoms with van der Waals surface area (Å²) >= 11 is 0. The van der Waals surface area contributed by atoms with E-state index in [9.17, 15) is 23.3 Å². The Morgan fingerprint density at radius 1 is 1.14 bits per heavy atom. The number of amides is 1. The molecule has 0 saturated heterocycles. The molecule has 2 aromatic carbocycles. The number of nitro benzene ring substituents is 1. The maximum atomic E-state index is 12.6. The number of hydrogen-bond donors (Lipinski definition) is 1. The number of rotatable bonds is 8. The molecule has 28 heavy (non-hydrogen) atoms. The number of nitrogens with one attached hydrogen (secondary N) is 1. The van der Waals surface area contributed by atoms with Gasteiger partial charge >= 0.3 is 5.69 Å². The molecule has 0 heterocycles. The molecule has 0 unspecified atom stereocenters. The standard InChI is InChI=1S/C18H21N3O6S/c1-4-20(5-2)28(25,26)16-10-11-18(17(12-16)21(23)24)27-15-8-6-14(7-9-15)19-13(3)22/h6-12H,4-5H2,1-3H3,(H,19,22). The number of sulfonamides is 1. The van der Waals surface area contributed by atoms with Gasteiger partial charge in [0, 0.05) is 31.8 Å². The quantitative estimate of drug-likeness (QED) is 0.529. The van der Waals surface area contributed by atoms with E-state index in [-0.39, 0.29) is 29.6 Å². The third-order valence-corrected chi connectivity index (χ3v) is 5.92. The van der Waals surface area contributed by atoms with Gasteiger partial charge in [-0.3, -0.25) is 14.9 Å². The van der Waals surface area contributed by atoms with Crippen molar-refractivity contribution in [2.45, 2.75) is 25.7 Å². The maximum Gasteiger partial charge on any atom is 0.312 e. The van der Waals surface area contributed by atoms with Crippen LogP contribution in [0.4, 0.5) is 11.4 Å². The number of carbonyl (C=O) groups is 1. The fraction of sp³-hybridized carbons (Fsp3) is 0.278. The predicted molar refractivity (Wildman–Crippen MR) is 104 cm³/mol. The molecule has 150 valence electrons. The second kappa shape index (κ2) is 8.81. The number of carbonyl (C=O) groups excluding carboxylic acids is 1. The van der Waals surface area contributed by atoms with E-state index in [2.05, 4.69) is 5.32 Å². The van der Waals surface area contributed by atoms with E-state index < -0.39 is 20.6 Å². The van der Waals surface area contributed by atoms with Crippen molar-refractivity contribution in [2.75, 3.05) is 18.4 Å². The summed E-state index contributed by atoms with van der Waals surface area (Å²) in [5, 5.41) is 14.0. The van der Waals surface area contributed by atoms with Crippen LogP contribution in [0.2, 0.25) is 0 Å². The van der Waals surface area contributed by atoms with Crippen LogP contribution in [0.15, 0.2) is 47.4 Å². The molecule has 1 N–H and O–H groups in total. The molecule has 2 aromatic rings. The number of nitrogens with zero attached hydrogens (tertiary/aromatic N) is 2. The summed E-state index contributed by atoms with van der Waals surface area (Å²) in [6, 6.07) is 9.78. The maximum absolute atomic E-state index is 12.6. The Hall–Kier alpha value is -2.98. The van der Waals surface area contributed by atoms with Gasteiger partial charge in [0.25, 0.3) is 0 Å². The average Bonchev–Trinajstić information content (AvgIpc) is 2.63. The van der Waals surface area contributed by atoms with E-state index in [0.29, 0.717) is 11.4 Å². The summed E-state index contributed by atoms with van der Waals surface area (Å²) in [7, 11) is -3.83. The molecule has 0 saturated carbocycles. The molecule has 0 aliphatic heterocycles. The molecule has 0 fully saturated rings. The third kappa shape index (κ3) is 4.84. The Bertz CT molecular complexity index is 969. The Balaban J connectivity index is 2.36. The van der Waals surface area contributed by atoms with Crippen LogP contribution in [0, 0.1) is 10.1 Å². The Labute approximate surface area is 163 Å². The first-order valence-corrected chi connectivity index (χ1v) is 9.97. The normalized spacial score (nSPS) is 11.3. The van der Waals surface area contributed by atoms with Crippen LogP contribution in [0.1, 0.15) is 20.8 Å². The first kappa shape index (κ1) is 21.3. The largest absolute Gasteiger partial charge is 0.450 e. The molecule has 10 heteroatoms. The molecule has 0 radical (unpaired) electrons. The van der Waals surface area contributed by atoms with Gasteiger partial charge in [-0.05, 0) is 36.4 Å². The molecule has 0 aliphatic rings. The fourth-order valence-electron chi connectivity index (χ4n) is 2.54. The summed E-state index contributed by atoms with van der Waals surface area (Å²) in [4.78, 5) is 21.6. The number of hydrogen-bond acceptors (Lipinski definition) is 6. The van der Waals surface area contributed by atoms with Crippen LogP contribution >= 0.6 is 0 Å². The molecular weight excluding hydrogens is 386 g/mol. The lowest BCUT2D eigenvalue weighted by Crippen LogP contribution is -2.30. The first-order chi connectivity index (χ1) is 13.2. The van der Waals surface area contributed by atoms with E-state index in [1.54, 1.807) is 26.0 Å². The Morgan fingerprint density at radius 3 is 2.25 bits per heavy atom. The molecule has 0 bridgehead atoms. The van der Waals surface area contributed by atoms with Crippen LogP contribution in [0.25, 0.3) is 0 Å². The summed E-state index contributed by atoms with van der Waals surface area (Å²) < 4.78 is 31.9. The lowest BCUT2D eigenvalue weighted by Gasteiger charge is -2.18. The van der Waals surface area contributed by atoms with Gasteiger partial charge < -0.3 is 10.1 Å². The van der Waals surface area contributed by atoms with Crippen molar-refractivity contribution < 1.29 is 22.9 Å². The van der Waals surface area contributed by atoms with Gasteiger partial charge in [-0.2, -0.15) is 4.31 Å². The minimum Gasteiger partial charge on any atom is -0.450 e. The number of ether oxygens (including phenoxy) is 1. The SMILES string of the molecule is CCN(CC)S(=O)(=O)c1ccc(Oc2ccc(NC(C)=O)cc2)c([N+](=O)[O-])c1. The van der Waals surface area contributed by atoms with Crippen LogP contribution in [0.3, 0.4) is 0 Å². The van der Waals surface area contributed by atoms with Crippen molar-refractivity contribution in [1.82, 2.24) is 4.31 Å². The summed E-state index contributed by atoms with van der Waals surface area (Å²) in [6.07, 6.45) is 0. The molecule has 0 aliphatic carbocycles. The lowest BCUT2D eigenvalue weighted by atomic mass is 10.2. The zero-order valence-electron chi connectivity index (χ0n) is 15.7. The van der Waals surface area contributed by atoms with Crippen molar-refractivity contribution >= 4 is 27.3 Å². The van der Waals surface area contributed by atoms with E-state index >= 15 is 0 Å². The van der Waals surface area contributed by atoms with Crippen molar-refractivity contribution in [2.24, 2.45) is 0 Å². The molecule has 0 atom stereocenters. The van der Waals surface area contributed by atoms with Crippen molar-refractivity contribution in [1.29, 1.82) is 0 Å². The fourth-order valence-corrected chi connectivity index (χ4v) is 4.01. The number of benzene rings is 2. The zero-order chi connectivity index (χ0) is 20.9. The second-order valence-corrected chi connectivity index (χ2v) is 7.72. The van der Waals surface area contributed by atoms with E-state index in [1.807, 2.05) is 0 Å². The van der Waals surface area contributed by atoms with E-state index in [4.69, 9.17) is 4.74 Å². The van der Waals surface area contributed by atoms with Gasteiger partial charge in [-0.1, -0.05) is 13.8 Å². The van der Waals surface area contributed by atoms with Gasteiger partial charge in [0.15, 0.2) is 0 Å². The minimum atomic E-state index is -3.83. The lowest BCUT2D eigenvalue weighted by molar-refractivity contribution is -0.385. The number of anilines is 1. The highest BCUT2D eigenvalue weighted by molar-refractivity contribution is 7.89. The topological polar surface area (TPSA) is 119 Å².